The molecule has 0 heterocycles. The minimum atomic E-state index is -3.66. The highest BCUT2D eigenvalue weighted by Crippen LogP contribution is 2.29. The van der Waals surface area contributed by atoms with E-state index in [0.29, 0.717) is 18.8 Å². The van der Waals surface area contributed by atoms with E-state index in [9.17, 15) is 13.2 Å². The van der Waals surface area contributed by atoms with E-state index in [1.165, 1.54) is 29.1 Å². The number of benzene rings is 2. The van der Waals surface area contributed by atoms with Crippen molar-refractivity contribution in [3.63, 3.8) is 0 Å². The molecule has 0 aliphatic carbocycles. The lowest BCUT2D eigenvalue weighted by molar-refractivity contribution is -0.114. The van der Waals surface area contributed by atoms with Crippen molar-refractivity contribution in [1.29, 1.82) is 0 Å². The number of carbonyl (C=O) groups is 1. The number of nitrogens with zero attached hydrogens (tertiary/aromatic N) is 1. The number of rotatable bonds is 7. The molecule has 2 rings (SSSR count). The molecule has 0 unspecified atom stereocenters. The Morgan fingerprint density at radius 3 is 2.40 bits per heavy atom. The Bertz CT molecular complexity index is 837. The van der Waals surface area contributed by atoms with Crippen molar-refractivity contribution in [2.75, 3.05) is 18.1 Å². The lowest BCUT2D eigenvalue weighted by atomic mass is 10.2. The number of carbonyl (C=O) groups excluding carboxylic acids is 1. The van der Waals surface area contributed by atoms with Gasteiger partial charge in [-0.1, -0.05) is 37.3 Å². The summed E-state index contributed by atoms with van der Waals surface area (Å²) in [5, 5.41) is 2.70. The standard InChI is InChI=1S/C18H22N2O3S2/c1-4-20(13-15-8-6-5-7-9-15)25(22,23)16-10-11-18(24-3)17(12-16)19-14(2)21/h5-12H,4,13H2,1-3H3,(H,19,21). The van der Waals surface area contributed by atoms with Crippen LogP contribution in [-0.4, -0.2) is 31.4 Å². The maximum atomic E-state index is 13.0. The highest BCUT2D eigenvalue weighted by Gasteiger charge is 2.24. The minimum absolute atomic E-state index is 0.173. The van der Waals surface area contributed by atoms with Crippen LogP contribution in [0.1, 0.15) is 19.4 Å². The summed E-state index contributed by atoms with van der Waals surface area (Å²) in [4.78, 5) is 12.4. The van der Waals surface area contributed by atoms with Crippen molar-refractivity contribution < 1.29 is 13.2 Å². The summed E-state index contributed by atoms with van der Waals surface area (Å²) in [6.45, 7) is 3.88. The molecule has 5 nitrogen and oxygen atoms in total. The third kappa shape index (κ3) is 4.84. The van der Waals surface area contributed by atoms with Crippen molar-refractivity contribution in [2.24, 2.45) is 0 Å². The van der Waals surface area contributed by atoms with Gasteiger partial charge in [-0.3, -0.25) is 4.79 Å². The molecule has 0 fully saturated rings. The molecule has 1 amide bonds. The Hall–Kier alpha value is -1.83. The molecule has 2 aromatic rings. The van der Waals surface area contributed by atoms with E-state index < -0.39 is 10.0 Å². The summed E-state index contributed by atoms with van der Waals surface area (Å²) in [5.74, 6) is -0.235. The van der Waals surface area contributed by atoms with Crippen molar-refractivity contribution in [2.45, 2.75) is 30.2 Å². The van der Waals surface area contributed by atoms with Crippen LogP contribution in [0.15, 0.2) is 58.3 Å². The van der Waals surface area contributed by atoms with Crippen LogP contribution in [0.3, 0.4) is 0 Å². The maximum absolute atomic E-state index is 13.0. The Labute approximate surface area is 153 Å². The average Bonchev–Trinajstić information content (AvgIpc) is 2.59. The molecular formula is C18H22N2O3S2. The molecule has 134 valence electrons. The summed E-state index contributed by atoms with van der Waals surface area (Å²) in [7, 11) is -3.66. The first-order valence-corrected chi connectivity index (χ1v) is 10.5. The molecule has 25 heavy (non-hydrogen) atoms. The molecule has 7 heteroatoms. The average molecular weight is 379 g/mol. The Morgan fingerprint density at radius 1 is 1.16 bits per heavy atom. The fourth-order valence-corrected chi connectivity index (χ4v) is 4.44. The second-order valence-corrected chi connectivity index (χ2v) is 8.25. The molecule has 0 aromatic heterocycles. The predicted molar refractivity (Wildman–Crippen MR) is 102 cm³/mol. The summed E-state index contributed by atoms with van der Waals surface area (Å²) in [6, 6.07) is 14.3. The van der Waals surface area contributed by atoms with Gasteiger partial charge in [-0.05, 0) is 30.0 Å². The summed E-state index contributed by atoms with van der Waals surface area (Å²) in [6.07, 6.45) is 1.88. The number of amides is 1. The van der Waals surface area contributed by atoms with Crippen molar-refractivity contribution in [1.82, 2.24) is 4.31 Å². The normalized spacial score (nSPS) is 11.5. The van der Waals surface area contributed by atoms with Gasteiger partial charge in [-0.25, -0.2) is 8.42 Å². The summed E-state index contributed by atoms with van der Waals surface area (Å²) in [5.41, 5.74) is 1.44. The maximum Gasteiger partial charge on any atom is 0.243 e. The van der Waals surface area contributed by atoms with Gasteiger partial charge in [-0.15, -0.1) is 11.8 Å². The number of hydrogen-bond acceptors (Lipinski definition) is 4. The molecular weight excluding hydrogens is 356 g/mol. The fraction of sp³-hybridized carbons (Fsp3) is 0.278. The molecule has 0 saturated heterocycles. The Balaban J connectivity index is 2.38. The van der Waals surface area contributed by atoms with Crippen LogP contribution in [-0.2, 0) is 21.4 Å². The van der Waals surface area contributed by atoms with E-state index in [4.69, 9.17) is 0 Å². The van der Waals surface area contributed by atoms with Gasteiger partial charge >= 0.3 is 0 Å². The zero-order valence-electron chi connectivity index (χ0n) is 14.5. The second kappa shape index (κ2) is 8.51. The topological polar surface area (TPSA) is 66.5 Å². The summed E-state index contributed by atoms with van der Waals surface area (Å²) < 4.78 is 27.4. The van der Waals surface area contributed by atoms with Gasteiger partial charge in [0.25, 0.3) is 0 Å². The Morgan fingerprint density at radius 2 is 1.84 bits per heavy atom. The first-order valence-electron chi connectivity index (χ1n) is 7.88. The molecule has 1 N–H and O–H groups in total. The lowest BCUT2D eigenvalue weighted by Gasteiger charge is -2.21. The zero-order chi connectivity index (χ0) is 18.4. The van der Waals surface area contributed by atoms with Crippen LogP contribution in [0.5, 0.6) is 0 Å². The van der Waals surface area contributed by atoms with Crippen molar-refractivity contribution in [3.8, 4) is 0 Å². The molecule has 0 spiro atoms. The highest BCUT2D eigenvalue weighted by atomic mass is 32.2. The first kappa shape index (κ1) is 19.5. The van der Waals surface area contributed by atoms with Gasteiger partial charge in [0, 0.05) is 24.9 Å². The van der Waals surface area contributed by atoms with Crippen LogP contribution in [0.25, 0.3) is 0 Å². The van der Waals surface area contributed by atoms with E-state index in [1.54, 1.807) is 12.1 Å². The first-order chi connectivity index (χ1) is 11.9. The van der Waals surface area contributed by atoms with Crippen LogP contribution in [0, 0.1) is 0 Å². The number of anilines is 1. The molecule has 0 atom stereocenters. The minimum Gasteiger partial charge on any atom is -0.325 e. The molecule has 0 aliphatic rings. The number of thioether (sulfide) groups is 1. The smallest absolute Gasteiger partial charge is 0.243 e. The van der Waals surface area contributed by atoms with Crippen LogP contribution in [0.2, 0.25) is 0 Å². The lowest BCUT2D eigenvalue weighted by Crippen LogP contribution is -2.30. The van der Waals surface area contributed by atoms with Gasteiger partial charge in [0.15, 0.2) is 0 Å². The largest absolute Gasteiger partial charge is 0.325 e. The second-order valence-electron chi connectivity index (χ2n) is 5.46. The number of nitrogens with one attached hydrogen (secondary N) is 1. The number of hydrogen-bond donors (Lipinski definition) is 1. The van der Waals surface area contributed by atoms with Crippen molar-refractivity contribution >= 4 is 33.4 Å². The van der Waals surface area contributed by atoms with Crippen LogP contribution < -0.4 is 5.32 Å². The number of sulfonamides is 1. The Kier molecular flexibility index (Phi) is 6.64. The zero-order valence-corrected chi connectivity index (χ0v) is 16.2. The third-order valence-corrected chi connectivity index (χ3v) is 6.39. The van der Waals surface area contributed by atoms with Crippen LogP contribution >= 0.6 is 11.8 Å². The van der Waals surface area contributed by atoms with Gasteiger partial charge in [0.2, 0.25) is 15.9 Å². The van der Waals surface area contributed by atoms with Crippen molar-refractivity contribution in [3.05, 3.63) is 54.1 Å². The monoisotopic (exact) mass is 378 g/mol. The SMILES string of the molecule is CCN(Cc1ccccc1)S(=O)(=O)c1ccc(SC)c(NC(C)=O)c1. The molecule has 0 saturated carbocycles. The van der Waals surface area contributed by atoms with Gasteiger partial charge in [0.1, 0.15) is 0 Å². The van der Waals surface area contributed by atoms with Gasteiger partial charge in [-0.2, -0.15) is 4.31 Å². The fourth-order valence-electron chi connectivity index (χ4n) is 2.44. The van der Waals surface area contributed by atoms with Crippen LogP contribution in [0.4, 0.5) is 5.69 Å². The van der Waals surface area contributed by atoms with E-state index >= 15 is 0 Å². The van der Waals surface area contributed by atoms with E-state index in [1.807, 2.05) is 43.5 Å². The summed E-state index contributed by atoms with van der Waals surface area (Å²) >= 11 is 1.45. The highest BCUT2D eigenvalue weighted by molar-refractivity contribution is 7.98. The van der Waals surface area contributed by atoms with Gasteiger partial charge in [0.05, 0.1) is 10.6 Å². The van der Waals surface area contributed by atoms with E-state index in [0.717, 1.165) is 10.5 Å². The molecule has 0 aliphatic heterocycles. The van der Waals surface area contributed by atoms with E-state index in [-0.39, 0.29) is 10.8 Å². The third-order valence-electron chi connectivity index (χ3n) is 3.67. The molecule has 0 bridgehead atoms. The van der Waals surface area contributed by atoms with Gasteiger partial charge < -0.3 is 5.32 Å². The molecule has 0 radical (unpaired) electrons. The van der Waals surface area contributed by atoms with E-state index in [2.05, 4.69) is 5.32 Å². The quantitative estimate of drug-likeness (QED) is 0.748. The predicted octanol–water partition coefficient (Wildman–Crippen LogP) is 3.58. The molecule has 2 aromatic carbocycles.